The van der Waals surface area contributed by atoms with Gasteiger partial charge in [0.2, 0.25) is 5.91 Å². The number of carbonyl (C=O) groups is 1. The van der Waals surface area contributed by atoms with E-state index in [0.717, 1.165) is 44.7 Å². The van der Waals surface area contributed by atoms with Crippen molar-refractivity contribution < 1.29 is 4.79 Å². The molecular formula is C20H25ClN4O. The van der Waals surface area contributed by atoms with Crippen molar-refractivity contribution in [3.63, 3.8) is 0 Å². The zero-order valence-corrected chi connectivity index (χ0v) is 15.8. The maximum atomic E-state index is 13.4. The number of carbonyl (C=O) groups excluding carboxylic acids is 1. The van der Waals surface area contributed by atoms with Gasteiger partial charge < -0.3 is 14.8 Å². The van der Waals surface area contributed by atoms with Gasteiger partial charge >= 0.3 is 0 Å². The van der Waals surface area contributed by atoms with Crippen LogP contribution in [0, 0.1) is 5.92 Å². The number of hydrogen-bond donors (Lipinski definition) is 1. The van der Waals surface area contributed by atoms with Crippen LogP contribution in [0.5, 0.6) is 0 Å². The molecule has 6 heteroatoms. The van der Waals surface area contributed by atoms with Crippen molar-refractivity contribution in [3.8, 4) is 0 Å². The molecule has 1 spiro atoms. The Labute approximate surface area is 160 Å². The molecule has 5 rings (SSSR count). The van der Waals surface area contributed by atoms with Crippen molar-refractivity contribution in [2.75, 3.05) is 19.6 Å². The number of aryl methyl sites for hydroxylation is 2. The molecule has 2 fully saturated rings. The van der Waals surface area contributed by atoms with Gasteiger partial charge in [0.05, 0.1) is 0 Å². The molecule has 3 unspecified atom stereocenters. The summed E-state index contributed by atoms with van der Waals surface area (Å²) in [5.41, 5.74) is 2.99. The quantitative estimate of drug-likeness (QED) is 0.879. The summed E-state index contributed by atoms with van der Waals surface area (Å²) in [6, 6.07) is 8.74. The zero-order chi connectivity index (χ0) is 17.0. The molecule has 1 amide bonds. The maximum Gasteiger partial charge on any atom is 0.227 e. The Morgan fingerprint density at radius 1 is 1.35 bits per heavy atom. The first-order valence-corrected chi connectivity index (χ1v) is 9.27. The monoisotopic (exact) mass is 372 g/mol. The van der Waals surface area contributed by atoms with E-state index in [0.29, 0.717) is 5.91 Å². The predicted molar refractivity (Wildman–Crippen MR) is 102 cm³/mol. The molecule has 2 aliphatic carbocycles. The lowest BCUT2D eigenvalue weighted by atomic mass is 9.94. The molecule has 0 radical (unpaired) electrons. The molecule has 2 heterocycles. The zero-order valence-electron chi connectivity index (χ0n) is 15.0. The average molecular weight is 373 g/mol. The number of imidazole rings is 1. The summed E-state index contributed by atoms with van der Waals surface area (Å²) in [5.74, 6) is 1.45. The lowest BCUT2D eigenvalue weighted by Crippen LogP contribution is -2.50. The minimum atomic E-state index is 0. The summed E-state index contributed by atoms with van der Waals surface area (Å²) in [5, 5.41) is 3.42. The molecule has 138 valence electrons. The molecule has 1 aromatic carbocycles. The Kier molecular flexibility index (Phi) is 4.32. The lowest BCUT2D eigenvalue weighted by Gasteiger charge is -2.36. The molecule has 3 atom stereocenters. The second kappa shape index (κ2) is 6.39. The van der Waals surface area contributed by atoms with E-state index < -0.39 is 0 Å². The standard InChI is InChI=1S/C20H24N4O.ClH/c1-23-10-9-22-18(23)17-13-21-8-11-24(17)19(25)16-12-20(16)7-6-14-4-2-3-5-15(14)20;/h2-5,9-10,16-17,21H,6-8,11-13H2,1H3;1H. The van der Waals surface area contributed by atoms with Gasteiger partial charge in [0.1, 0.15) is 11.9 Å². The highest BCUT2D eigenvalue weighted by atomic mass is 35.5. The number of fused-ring (bicyclic) bond motifs is 2. The third-order valence-corrected chi connectivity index (χ3v) is 6.45. The van der Waals surface area contributed by atoms with Gasteiger partial charge in [-0.05, 0) is 30.4 Å². The molecule has 5 nitrogen and oxygen atoms in total. The summed E-state index contributed by atoms with van der Waals surface area (Å²) in [6.07, 6.45) is 7.03. The first-order chi connectivity index (χ1) is 12.2. The second-order valence-corrected chi connectivity index (χ2v) is 7.72. The third-order valence-electron chi connectivity index (χ3n) is 6.45. The van der Waals surface area contributed by atoms with E-state index in [1.54, 1.807) is 0 Å². The lowest BCUT2D eigenvalue weighted by molar-refractivity contribution is -0.136. The third kappa shape index (κ3) is 2.48. The van der Waals surface area contributed by atoms with E-state index in [1.807, 2.05) is 24.0 Å². The normalized spacial score (nSPS) is 29.3. The summed E-state index contributed by atoms with van der Waals surface area (Å²) < 4.78 is 2.03. The maximum absolute atomic E-state index is 13.4. The minimum Gasteiger partial charge on any atom is -0.336 e. The van der Waals surface area contributed by atoms with Crippen molar-refractivity contribution >= 4 is 18.3 Å². The van der Waals surface area contributed by atoms with Crippen LogP contribution in [0.4, 0.5) is 0 Å². The molecular weight excluding hydrogens is 348 g/mol. The highest BCUT2D eigenvalue weighted by Crippen LogP contribution is 2.62. The highest BCUT2D eigenvalue weighted by Gasteiger charge is 2.62. The van der Waals surface area contributed by atoms with Crippen LogP contribution in [-0.2, 0) is 23.7 Å². The predicted octanol–water partition coefficient (Wildman–Crippen LogP) is 2.22. The van der Waals surface area contributed by atoms with E-state index in [1.165, 1.54) is 11.1 Å². The molecule has 2 aromatic rings. The van der Waals surface area contributed by atoms with Gasteiger partial charge in [-0.25, -0.2) is 4.98 Å². The molecule has 1 aromatic heterocycles. The molecule has 3 aliphatic rings. The van der Waals surface area contributed by atoms with Crippen LogP contribution in [0.25, 0.3) is 0 Å². The summed E-state index contributed by atoms with van der Waals surface area (Å²) >= 11 is 0. The van der Waals surface area contributed by atoms with Crippen LogP contribution in [0.1, 0.15) is 35.8 Å². The highest BCUT2D eigenvalue weighted by molar-refractivity contribution is 5.86. The molecule has 1 N–H and O–H groups in total. The second-order valence-electron chi connectivity index (χ2n) is 7.72. The first-order valence-electron chi connectivity index (χ1n) is 9.27. The summed E-state index contributed by atoms with van der Waals surface area (Å²) in [6.45, 7) is 2.42. The van der Waals surface area contributed by atoms with Crippen LogP contribution in [-0.4, -0.2) is 40.0 Å². The van der Waals surface area contributed by atoms with E-state index in [4.69, 9.17) is 0 Å². The fourth-order valence-electron chi connectivity index (χ4n) is 5.02. The van der Waals surface area contributed by atoms with E-state index in [9.17, 15) is 4.79 Å². The van der Waals surface area contributed by atoms with Crippen LogP contribution in [0.15, 0.2) is 36.7 Å². The molecule has 1 aliphatic heterocycles. The Morgan fingerprint density at radius 3 is 3.00 bits per heavy atom. The smallest absolute Gasteiger partial charge is 0.227 e. The Balaban J connectivity index is 0.00000168. The number of rotatable bonds is 2. The van der Waals surface area contributed by atoms with Gasteiger partial charge in [-0.1, -0.05) is 24.3 Å². The van der Waals surface area contributed by atoms with Gasteiger partial charge in [0, 0.05) is 50.4 Å². The van der Waals surface area contributed by atoms with Crippen LogP contribution >= 0.6 is 12.4 Å². The van der Waals surface area contributed by atoms with E-state index in [2.05, 4.69) is 39.5 Å². The number of aromatic nitrogens is 2. The van der Waals surface area contributed by atoms with Crippen molar-refractivity contribution in [3.05, 3.63) is 53.6 Å². The number of benzene rings is 1. The molecule has 26 heavy (non-hydrogen) atoms. The number of nitrogens with one attached hydrogen (secondary N) is 1. The summed E-state index contributed by atoms with van der Waals surface area (Å²) in [7, 11) is 2.01. The molecule has 1 saturated carbocycles. The fraction of sp³-hybridized carbons (Fsp3) is 0.500. The van der Waals surface area contributed by atoms with Crippen LogP contribution < -0.4 is 5.32 Å². The Hall–Kier alpha value is -1.85. The van der Waals surface area contributed by atoms with Crippen molar-refractivity contribution in [2.45, 2.75) is 30.7 Å². The van der Waals surface area contributed by atoms with Gasteiger partial charge in [0.15, 0.2) is 0 Å². The van der Waals surface area contributed by atoms with Gasteiger partial charge in [-0.3, -0.25) is 4.79 Å². The number of halogens is 1. The van der Waals surface area contributed by atoms with Crippen molar-refractivity contribution in [2.24, 2.45) is 13.0 Å². The number of piperazine rings is 1. The number of nitrogens with zero attached hydrogens (tertiary/aromatic N) is 3. The largest absolute Gasteiger partial charge is 0.336 e. The van der Waals surface area contributed by atoms with E-state index >= 15 is 0 Å². The van der Waals surface area contributed by atoms with Crippen molar-refractivity contribution in [1.29, 1.82) is 0 Å². The SMILES string of the molecule is Cl.Cn1ccnc1C1CNCCN1C(=O)C1CC12CCc1ccccc12. The fourth-order valence-corrected chi connectivity index (χ4v) is 5.02. The number of amides is 1. The molecule has 0 bridgehead atoms. The van der Waals surface area contributed by atoms with Crippen LogP contribution in [0.3, 0.4) is 0 Å². The number of hydrogen-bond acceptors (Lipinski definition) is 3. The van der Waals surface area contributed by atoms with Gasteiger partial charge in [-0.15, -0.1) is 12.4 Å². The van der Waals surface area contributed by atoms with Gasteiger partial charge in [-0.2, -0.15) is 0 Å². The molecule has 1 saturated heterocycles. The summed E-state index contributed by atoms with van der Waals surface area (Å²) in [4.78, 5) is 20.0. The van der Waals surface area contributed by atoms with Crippen molar-refractivity contribution in [1.82, 2.24) is 19.8 Å². The Morgan fingerprint density at radius 2 is 2.19 bits per heavy atom. The van der Waals surface area contributed by atoms with Gasteiger partial charge in [0.25, 0.3) is 0 Å². The minimum absolute atomic E-state index is 0. The average Bonchev–Trinajstić information content (AvgIpc) is 3.03. The topological polar surface area (TPSA) is 50.2 Å². The first kappa shape index (κ1) is 17.6. The van der Waals surface area contributed by atoms with Crippen LogP contribution in [0.2, 0.25) is 0 Å². The Bertz CT molecular complexity index is 835. The van der Waals surface area contributed by atoms with E-state index in [-0.39, 0.29) is 29.8 Å².